The lowest BCUT2D eigenvalue weighted by Crippen LogP contribution is -2.29. The van der Waals surface area contributed by atoms with Crippen LogP contribution < -0.4 is 15.1 Å². The number of hydrogen-bond donors (Lipinski definition) is 0. The molecule has 2 aromatic carbocycles. The standard InChI is InChI=1S/C28H25FN2O6S/c1-4-5-6-12-36-18-9-7-8-16(13-18)22-21-23(32)19-14-17(29)10-11-20(19)37-24(21)26(33)31(22)28-30-15(2)25(38-28)27(34)35-3/h7-11,13-14,22H,4-6,12H2,1-3H3. The minimum atomic E-state index is -0.934. The van der Waals surface area contributed by atoms with Crippen LogP contribution in [-0.4, -0.2) is 30.6 Å². The molecule has 196 valence electrons. The van der Waals surface area contributed by atoms with Crippen LogP contribution in [0.1, 0.15) is 69.3 Å². The third kappa shape index (κ3) is 4.45. The number of carbonyl (C=O) groups excluding carboxylic acids is 2. The summed E-state index contributed by atoms with van der Waals surface area (Å²) in [7, 11) is 1.26. The van der Waals surface area contributed by atoms with Crippen molar-refractivity contribution in [1.82, 2.24) is 4.98 Å². The van der Waals surface area contributed by atoms with E-state index in [1.807, 2.05) is 0 Å². The smallest absolute Gasteiger partial charge is 0.350 e. The van der Waals surface area contributed by atoms with Crippen LogP contribution in [0.25, 0.3) is 11.0 Å². The van der Waals surface area contributed by atoms with Gasteiger partial charge in [-0.15, -0.1) is 0 Å². The molecular formula is C28H25FN2O6S. The second kappa shape index (κ2) is 10.4. The molecule has 0 N–H and O–H groups in total. The Morgan fingerprint density at radius 1 is 1.18 bits per heavy atom. The van der Waals surface area contributed by atoms with Crippen LogP contribution in [0.15, 0.2) is 51.7 Å². The summed E-state index contributed by atoms with van der Waals surface area (Å²) < 4.78 is 30.7. The van der Waals surface area contributed by atoms with Crippen molar-refractivity contribution in [2.75, 3.05) is 18.6 Å². The first-order valence-corrected chi connectivity index (χ1v) is 13.0. The van der Waals surface area contributed by atoms with Gasteiger partial charge in [0, 0.05) is 0 Å². The second-order valence-corrected chi connectivity index (χ2v) is 9.90. The number of amides is 1. The van der Waals surface area contributed by atoms with Crippen LogP contribution in [-0.2, 0) is 4.74 Å². The summed E-state index contributed by atoms with van der Waals surface area (Å²) in [5.74, 6) is -1.33. The van der Waals surface area contributed by atoms with Crippen molar-refractivity contribution in [2.24, 2.45) is 0 Å². The predicted octanol–water partition coefficient (Wildman–Crippen LogP) is 5.80. The van der Waals surface area contributed by atoms with E-state index >= 15 is 0 Å². The van der Waals surface area contributed by atoms with Crippen molar-refractivity contribution in [2.45, 2.75) is 39.2 Å². The quantitative estimate of drug-likeness (QED) is 0.207. The summed E-state index contributed by atoms with van der Waals surface area (Å²) in [6.45, 7) is 4.28. The van der Waals surface area contributed by atoms with Crippen molar-refractivity contribution < 1.29 is 27.9 Å². The lowest BCUT2D eigenvalue weighted by molar-refractivity contribution is 0.0605. The van der Waals surface area contributed by atoms with E-state index in [0.717, 1.165) is 36.7 Å². The van der Waals surface area contributed by atoms with Gasteiger partial charge in [0.05, 0.1) is 36.4 Å². The average molecular weight is 537 g/mol. The summed E-state index contributed by atoms with van der Waals surface area (Å²) in [5, 5.41) is 0.231. The Hall–Kier alpha value is -4.05. The minimum absolute atomic E-state index is 0.0286. The van der Waals surface area contributed by atoms with Crippen LogP contribution in [0.3, 0.4) is 0 Å². The van der Waals surface area contributed by atoms with Gasteiger partial charge in [-0.05, 0) is 49.2 Å². The lowest BCUT2D eigenvalue weighted by atomic mass is 9.98. The number of carbonyl (C=O) groups is 2. The maximum absolute atomic E-state index is 14.1. The first-order valence-electron chi connectivity index (χ1n) is 12.2. The highest BCUT2D eigenvalue weighted by atomic mass is 32.1. The minimum Gasteiger partial charge on any atom is -0.494 e. The Labute approximate surface area is 221 Å². The van der Waals surface area contributed by atoms with Gasteiger partial charge >= 0.3 is 5.97 Å². The van der Waals surface area contributed by atoms with E-state index in [-0.39, 0.29) is 32.3 Å². The molecule has 0 aliphatic carbocycles. The number of unbranched alkanes of at least 4 members (excludes halogenated alkanes) is 2. The Balaban J connectivity index is 1.68. The zero-order chi connectivity index (χ0) is 27.0. The summed E-state index contributed by atoms with van der Waals surface area (Å²) in [6, 6.07) is 9.78. The molecule has 0 spiro atoms. The van der Waals surface area contributed by atoms with Crippen LogP contribution in [0.5, 0.6) is 5.75 Å². The van der Waals surface area contributed by atoms with Crippen molar-refractivity contribution >= 4 is 39.3 Å². The summed E-state index contributed by atoms with van der Waals surface area (Å²) in [6.07, 6.45) is 2.99. The van der Waals surface area contributed by atoms with Gasteiger partial charge < -0.3 is 13.9 Å². The highest BCUT2D eigenvalue weighted by Gasteiger charge is 2.45. The third-order valence-corrected chi connectivity index (χ3v) is 7.52. The number of aryl methyl sites for hydroxylation is 1. The molecule has 0 saturated heterocycles. The topological polar surface area (TPSA) is 98.9 Å². The van der Waals surface area contributed by atoms with Crippen molar-refractivity contribution in [3.63, 3.8) is 0 Å². The zero-order valence-corrected chi connectivity index (χ0v) is 21.9. The number of thiazole rings is 1. The Morgan fingerprint density at radius 3 is 2.76 bits per heavy atom. The van der Waals surface area contributed by atoms with E-state index in [0.29, 0.717) is 23.6 Å². The molecule has 0 saturated carbocycles. The van der Waals surface area contributed by atoms with E-state index in [1.54, 1.807) is 31.2 Å². The van der Waals surface area contributed by atoms with Crippen molar-refractivity contribution in [3.8, 4) is 5.75 Å². The summed E-state index contributed by atoms with van der Waals surface area (Å²) in [4.78, 5) is 45.8. The molecular weight excluding hydrogens is 511 g/mol. The number of hydrogen-bond acceptors (Lipinski definition) is 8. The van der Waals surface area contributed by atoms with Crippen LogP contribution >= 0.6 is 11.3 Å². The van der Waals surface area contributed by atoms with Crippen molar-refractivity contribution in [3.05, 3.63) is 86.0 Å². The Kier molecular flexibility index (Phi) is 6.98. The molecule has 0 radical (unpaired) electrons. The van der Waals surface area contributed by atoms with Gasteiger partial charge in [-0.1, -0.05) is 43.2 Å². The predicted molar refractivity (Wildman–Crippen MR) is 141 cm³/mol. The molecule has 5 rings (SSSR count). The second-order valence-electron chi connectivity index (χ2n) is 8.92. The first-order chi connectivity index (χ1) is 18.3. The number of fused-ring (bicyclic) bond motifs is 2. The van der Waals surface area contributed by atoms with Gasteiger partial charge in [-0.25, -0.2) is 14.2 Å². The number of halogens is 1. The molecule has 0 bridgehead atoms. The maximum atomic E-state index is 14.1. The molecule has 1 atom stereocenters. The molecule has 1 aliphatic heterocycles. The fraction of sp³-hybridized carbons (Fsp3) is 0.286. The van der Waals surface area contributed by atoms with Gasteiger partial charge in [-0.2, -0.15) is 0 Å². The van der Waals surface area contributed by atoms with E-state index in [2.05, 4.69) is 11.9 Å². The van der Waals surface area contributed by atoms with E-state index < -0.39 is 29.2 Å². The van der Waals surface area contributed by atoms with Gasteiger partial charge in [-0.3, -0.25) is 14.5 Å². The average Bonchev–Trinajstić information content (AvgIpc) is 3.44. The third-order valence-electron chi connectivity index (χ3n) is 6.38. The largest absolute Gasteiger partial charge is 0.494 e. The molecule has 3 heterocycles. The summed E-state index contributed by atoms with van der Waals surface area (Å²) >= 11 is 0.983. The molecule has 4 aromatic rings. The first kappa shape index (κ1) is 25.6. The van der Waals surface area contributed by atoms with E-state index in [4.69, 9.17) is 13.9 Å². The van der Waals surface area contributed by atoms with E-state index in [1.165, 1.54) is 24.1 Å². The van der Waals surface area contributed by atoms with Gasteiger partial charge in [0.2, 0.25) is 5.76 Å². The number of ether oxygens (including phenoxy) is 2. The van der Waals surface area contributed by atoms with Crippen LogP contribution in [0.2, 0.25) is 0 Å². The Bertz CT molecular complexity index is 1610. The molecule has 38 heavy (non-hydrogen) atoms. The molecule has 2 aromatic heterocycles. The SMILES string of the molecule is CCCCCOc1cccc(C2c3c(oc4ccc(F)cc4c3=O)C(=O)N2c2nc(C)c(C(=O)OC)s2)c1. The Morgan fingerprint density at radius 2 is 2.00 bits per heavy atom. The molecule has 8 nitrogen and oxygen atoms in total. The van der Waals surface area contributed by atoms with Gasteiger partial charge in [0.25, 0.3) is 5.91 Å². The zero-order valence-electron chi connectivity index (χ0n) is 21.1. The molecule has 1 amide bonds. The van der Waals surface area contributed by atoms with Gasteiger partial charge in [0.1, 0.15) is 22.0 Å². The number of rotatable bonds is 8. The lowest BCUT2D eigenvalue weighted by Gasteiger charge is -2.23. The highest BCUT2D eigenvalue weighted by Crippen LogP contribution is 2.43. The van der Waals surface area contributed by atoms with Gasteiger partial charge in [0.15, 0.2) is 10.6 Å². The maximum Gasteiger partial charge on any atom is 0.350 e. The number of methoxy groups -OCH3 is 1. The number of aromatic nitrogens is 1. The number of nitrogens with zero attached hydrogens (tertiary/aromatic N) is 2. The normalized spacial score (nSPS) is 14.7. The molecule has 1 aliphatic rings. The molecule has 0 fully saturated rings. The number of benzene rings is 2. The number of anilines is 1. The fourth-order valence-electron chi connectivity index (χ4n) is 4.54. The summed E-state index contributed by atoms with van der Waals surface area (Å²) in [5.41, 5.74) is 0.628. The molecule has 1 unspecified atom stereocenters. The number of esters is 1. The van der Waals surface area contributed by atoms with E-state index in [9.17, 15) is 18.8 Å². The highest BCUT2D eigenvalue weighted by molar-refractivity contribution is 7.17. The molecule has 10 heteroatoms. The monoisotopic (exact) mass is 536 g/mol. The van der Waals surface area contributed by atoms with Crippen LogP contribution in [0, 0.1) is 12.7 Å². The van der Waals surface area contributed by atoms with Crippen molar-refractivity contribution in [1.29, 1.82) is 0 Å². The van der Waals surface area contributed by atoms with Crippen LogP contribution in [0.4, 0.5) is 9.52 Å². The fourth-order valence-corrected chi connectivity index (χ4v) is 5.55.